The van der Waals surface area contributed by atoms with E-state index < -0.39 is 0 Å². The lowest BCUT2D eigenvalue weighted by atomic mass is 10.2. The van der Waals surface area contributed by atoms with E-state index in [0.29, 0.717) is 0 Å². The Morgan fingerprint density at radius 2 is 1.89 bits per heavy atom. The van der Waals surface area contributed by atoms with Gasteiger partial charge in [-0.2, -0.15) is 5.10 Å². The van der Waals surface area contributed by atoms with Gasteiger partial charge in [-0.25, -0.2) is 4.68 Å². The minimum Gasteiger partial charge on any atom is -0.261 e. The van der Waals surface area contributed by atoms with Crippen LogP contribution < -0.4 is 0 Å². The summed E-state index contributed by atoms with van der Waals surface area (Å²) in [6.45, 7) is 2.06. The zero-order valence-corrected chi connectivity index (χ0v) is 9.96. The number of hydrogen-bond donors (Lipinski definition) is 0. The van der Waals surface area contributed by atoms with E-state index in [-0.39, 0.29) is 0 Å². The molecule has 3 aromatic rings. The molecule has 2 heterocycles. The highest BCUT2D eigenvalue weighted by atomic mass is 15.3. The first-order valence-corrected chi connectivity index (χ1v) is 5.65. The van der Waals surface area contributed by atoms with Crippen LogP contribution in [0.2, 0.25) is 0 Å². The number of pyridine rings is 1. The summed E-state index contributed by atoms with van der Waals surface area (Å²) >= 11 is 0. The van der Waals surface area contributed by atoms with Crippen LogP contribution in [0.5, 0.6) is 0 Å². The molecule has 2 aromatic heterocycles. The summed E-state index contributed by atoms with van der Waals surface area (Å²) in [7, 11) is 0. The number of terminal acetylenes is 1. The predicted molar refractivity (Wildman–Crippen MR) is 71.5 cm³/mol. The van der Waals surface area contributed by atoms with Gasteiger partial charge in [0.05, 0.1) is 29.2 Å². The Balaban J connectivity index is 2.25. The van der Waals surface area contributed by atoms with Crippen molar-refractivity contribution in [3.8, 4) is 18.0 Å². The topological polar surface area (TPSA) is 30.7 Å². The second kappa shape index (κ2) is 4.01. The highest BCUT2D eigenvalue weighted by Gasteiger charge is 2.07. The first-order valence-electron chi connectivity index (χ1n) is 5.65. The van der Waals surface area contributed by atoms with Gasteiger partial charge in [-0.1, -0.05) is 23.6 Å². The van der Waals surface area contributed by atoms with E-state index in [1.165, 1.54) is 5.56 Å². The third-order valence-electron chi connectivity index (χ3n) is 2.93. The molecule has 3 heteroatoms. The molecule has 0 fully saturated rings. The SMILES string of the molecule is C#Cc1cncc2c1cnn2-c1ccc(C)cc1. The van der Waals surface area contributed by atoms with Crippen molar-refractivity contribution >= 4 is 10.9 Å². The van der Waals surface area contributed by atoms with Gasteiger partial charge in [-0.3, -0.25) is 4.98 Å². The lowest BCUT2D eigenvalue weighted by Gasteiger charge is -2.03. The number of rotatable bonds is 1. The van der Waals surface area contributed by atoms with Crippen LogP contribution in [0.4, 0.5) is 0 Å². The van der Waals surface area contributed by atoms with Gasteiger partial charge in [0.2, 0.25) is 0 Å². The number of aromatic nitrogens is 3. The van der Waals surface area contributed by atoms with Gasteiger partial charge in [-0.05, 0) is 19.1 Å². The fraction of sp³-hybridized carbons (Fsp3) is 0.0667. The van der Waals surface area contributed by atoms with E-state index in [1.807, 2.05) is 16.8 Å². The van der Waals surface area contributed by atoms with Gasteiger partial charge in [0.1, 0.15) is 0 Å². The maximum atomic E-state index is 5.46. The Labute approximate surface area is 105 Å². The van der Waals surface area contributed by atoms with Crippen LogP contribution in [0, 0.1) is 19.3 Å². The number of nitrogens with zero attached hydrogens (tertiary/aromatic N) is 3. The summed E-state index contributed by atoms with van der Waals surface area (Å²) < 4.78 is 1.85. The van der Waals surface area contributed by atoms with E-state index in [0.717, 1.165) is 22.2 Å². The van der Waals surface area contributed by atoms with Crippen LogP contribution in [0.1, 0.15) is 11.1 Å². The average Bonchev–Trinajstić information content (AvgIpc) is 2.83. The van der Waals surface area contributed by atoms with Gasteiger partial charge in [0.25, 0.3) is 0 Å². The van der Waals surface area contributed by atoms with E-state index in [4.69, 9.17) is 6.42 Å². The van der Waals surface area contributed by atoms with Gasteiger partial charge >= 0.3 is 0 Å². The van der Waals surface area contributed by atoms with Crippen LogP contribution in [0.25, 0.3) is 16.6 Å². The fourth-order valence-corrected chi connectivity index (χ4v) is 1.95. The van der Waals surface area contributed by atoms with E-state index in [1.54, 1.807) is 18.6 Å². The molecule has 0 saturated heterocycles. The molecule has 0 aliphatic heterocycles. The first kappa shape index (κ1) is 10.5. The minimum absolute atomic E-state index is 0.769. The Morgan fingerprint density at radius 1 is 1.11 bits per heavy atom. The fourth-order valence-electron chi connectivity index (χ4n) is 1.95. The van der Waals surface area contributed by atoms with E-state index in [2.05, 4.69) is 35.1 Å². The average molecular weight is 233 g/mol. The molecule has 0 bridgehead atoms. The highest BCUT2D eigenvalue weighted by Crippen LogP contribution is 2.20. The molecule has 18 heavy (non-hydrogen) atoms. The standard InChI is InChI=1S/C15H11N3/c1-3-12-8-16-10-15-14(12)9-17-18(15)13-6-4-11(2)5-7-13/h1,4-10H,2H3. The van der Waals surface area contributed by atoms with E-state index in [9.17, 15) is 0 Å². The van der Waals surface area contributed by atoms with Crippen molar-refractivity contribution in [3.05, 3.63) is 54.0 Å². The summed E-state index contributed by atoms with van der Waals surface area (Å²) in [5.41, 5.74) is 3.92. The van der Waals surface area contributed by atoms with Crippen molar-refractivity contribution in [3.63, 3.8) is 0 Å². The van der Waals surface area contributed by atoms with Gasteiger partial charge in [0, 0.05) is 11.6 Å². The first-order chi connectivity index (χ1) is 8.79. The number of benzene rings is 1. The zero-order chi connectivity index (χ0) is 12.5. The largest absolute Gasteiger partial charge is 0.261 e. The summed E-state index contributed by atoms with van der Waals surface area (Å²) in [6, 6.07) is 8.18. The quantitative estimate of drug-likeness (QED) is 0.605. The monoisotopic (exact) mass is 233 g/mol. The van der Waals surface area contributed by atoms with Crippen LogP contribution >= 0.6 is 0 Å². The van der Waals surface area contributed by atoms with E-state index >= 15 is 0 Å². The molecule has 0 aliphatic carbocycles. The molecule has 0 radical (unpaired) electrons. The Morgan fingerprint density at radius 3 is 2.61 bits per heavy atom. The molecule has 3 rings (SSSR count). The van der Waals surface area contributed by atoms with Crippen LogP contribution in [0.15, 0.2) is 42.9 Å². The normalized spacial score (nSPS) is 10.4. The van der Waals surface area contributed by atoms with Crippen molar-refractivity contribution in [1.82, 2.24) is 14.8 Å². The molecule has 0 aliphatic rings. The van der Waals surface area contributed by atoms with Crippen LogP contribution in [-0.4, -0.2) is 14.8 Å². The molecule has 0 N–H and O–H groups in total. The summed E-state index contributed by atoms with van der Waals surface area (Å²) in [5.74, 6) is 2.63. The van der Waals surface area contributed by atoms with Crippen molar-refractivity contribution in [2.24, 2.45) is 0 Å². The molecule has 1 aromatic carbocycles. The van der Waals surface area contributed by atoms with Crippen LogP contribution in [-0.2, 0) is 0 Å². The lowest BCUT2D eigenvalue weighted by molar-refractivity contribution is 0.908. The van der Waals surface area contributed by atoms with Gasteiger partial charge < -0.3 is 0 Å². The Hall–Kier alpha value is -2.60. The number of fused-ring (bicyclic) bond motifs is 1. The maximum absolute atomic E-state index is 5.46. The number of aryl methyl sites for hydroxylation is 1. The lowest BCUT2D eigenvalue weighted by Crippen LogP contribution is -1.96. The molecule has 86 valence electrons. The molecule has 0 saturated carbocycles. The highest BCUT2D eigenvalue weighted by molar-refractivity contribution is 5.85. The molecule has 3 nitrogen and oxygen atoms in total. The summed E-state index contributed by atoms with van der Waals surface area (Å²) in [6.07, 6.45) is 10.7. The molecular weight excluding hydrogens is 222 g/mol. The maximum Gasteiger partial charge on any atom is 0.0936 e. The molecule has 0 unspecified atom stereocenters. The minimum atomic E-state index is 0.769. The molecule has 0 spiro atoms. The smallest absolute Gasteiger partial charge is 0.0936 e. The Bertz CT molecular complexity index is 745. The molecule has 0 amide bonds. The Kier molecular flexibility index (Phi) is 2.35. The van der Waals surface area contributed by atoms with Crippen molar-refractivity contribution < 1.29 is 0 Å². The summed E-state index contributed by atoms with van der Waals surface area (Å²) in [5, 5.41) is 5.34. The van der Waals surface area contributed by atoms with Crippen molar-refractivity contribution in [2.45, 2.75) is 6.92 Å². The van der Waals surface area contributed by atoms with Crippen molar-refractivity contribution in [2.75, 3.05) is 0 Å². The second-order valence-electron chi connectivity index (χ2n) is 4.16. The summed E-state index contributed by atoms with van der Waals surface area (Å²) in [4.78, 5) is 4.16. The second-order valence-corrected chi connectivity index (χ2v) is 4.16. The van der Waals surface area contributed by atoms with Crippen LogP contribution in [0.3, 0.4) is 0 Å². The predicted octanol–water partition coefficient (Wildman–Crippen LogP) is 2.71. The third-order valence-corrected chi connectivity index (χ3v) is 2.93. The van der Waals surface area contributed by atoms with Crippen molar-refractivity contribution in [1.29, 1.82) is 0 Å². The van der Waals surface area contributed by atoms with Gasteiger partial charge in [-0.15, -0.1) is 6.42 Å². The van der Waals surface area contributed by atoms with Gasteiger partial charge in [0.15, 0.2) is 0 Å². The molecular formula is C15H11N3. The zero-order valence-electron chi connectivity index (χ0n) is 9.96. The number of hydrogen-bond acceptors (Lipinski definition) is 2. The molecule has 0 atom stereocenters. The third kappa shape index (κ3) is 1.56.